The first-order valence-electron chi connectivity index (χ1n) is 8.37. The lowest BCUT2D eigenvalue weighted by Crippen LogP contribution is -2.27. The Hall–Kier alpha value is -3.51. The minimum absolute atomic E-state index is 0.00358. The molecule has 0 aliphatic carbocycles. The van der Waals surface area contributed by atoms with Crippen molar-refractivity contribution in [3.05, 3.63) is 82.7 Å². The van der Waals surface area contributed by atoms with Crippen molar-refractivity contribution in [3.8, 4) is 11.5 Å². The molecule has 0 unspecified atom stereocenters. The summed E-state index contributed by atoms with van der Waals surface area (Å²) in [5.41, 5.74) is -1.65. The SMILES string of the molecule is Cc1cnc(C(F)(F)Oc2cc(F)c(C(F)(F)Oc3cc(F)c(F)c(F)c3)c(F)c2)nc1. The van der Waals surface area contributed by atoms with Gasteiger partial charge in [-0.3, -0.25) is 0 Å². The van der Waals surface area contributed by atoms with Crippen LogP contribution in [0.4, 0.5) is 39.5 Å². The van der Waals surface area contributed by atoms with Gasteiger partial charge in [-0.05, 0) is 12.5 Å². The average molecular weight is 468 g/mol. The van der Waals surface area contributed by atoms with Gasteiger partial charge in [-0.1, -0.05) is 0 Å². The van der Waals surface area contributed by atoms with Crippen molar-refractivity contribution in [2.24, 2.45) is 0 Å². The van der Waals surface area contributed by atoms with Crippen molar-refractivity contribution in [1.82, 2.24) is 9.97 Å². The zero-order valence-electron chi connectivity index (χ0n) is 15.6. The Labute approximate surface area is 173 Å². The molecule has 0 radical (unpaired) electrons. The number of halogens is 9. The Morgan fingerprint density at radius 1 is 0.656 bits per heavy atom. The summed E-state index contributed by atoms with van der Waals surface area (Å²) >= 11 is 0. The van der Waals surface area contributed by atoms with Crippen LogP contribution < -0.4 is 9.47 Å². The number of aryl methyl sites for hydroxylation is 1. The standard InChI is InChI=1S/C19H9F9N2O2/c1-8-6-29-17(30-7-8)19(27,28)32-9-2-11(20)15(12(21)3-9)18(25,26)31-10-4-13(22)16(24)14(23)5-10/h2-7H,1H3. The highest BCUT2D eigenvalue weighted by molar-refractivity contribution is 5.34. The van der Waals surface area contributed by atoms with E-state index in [9.17, 15) is 39.5 Å². The van der Waals surface area contributed by atoms with Gasteiger partial charge in [0.25, 0.3) is 0 Å². The molecule has 0 fully saturated rings. The van der Waals surface area contributed by atoms with E-state index < -0.39 is 64.2 Å². The topological polar surface area (TPSA) is 44.2 Å². The summed E-state index contributed by atoms with van der Waals surface area (Å²) in [6.07, 6.45) is -7.13. The van der Waals surface area contributed by atoms with E-state index in [0.717, 1.165) is 12.4 Å². The second-order valence-electron chi connectivity index (χ2n) is 6.28. The minimum atomic E-state index is -4.88. The van der Waals surface area contributed by atoms with Crippen molar-refractivity contribution < 1.29 is 49.0 Å². The molecule has 170 valence electrons. The van der Waals surface area contributed by atoms with Gasteiger partial charge in [0.15, 0.2) is 17.5 Å². The highest BCUT2D eigenvalue weighted by Crippen LogP contribution is 2.38. The van der Waals surface area contributed by atoms with Crippen molar-refractivity contribution in [1.29, 1.82) is 0 Å². The molecule has 0 atom stereocenters. The maximum Gasteiger partial charge on any atom is 0.462 e. The van der Waals surface area contributed by atoms with Crippen LogP contribution >= 0.6 is 0 Å². The van der Waals surface area contributed by atoms with Crippen molar-refractivity contribution in [2.45, 2.75) is 19.1 Å². The van der Waals surface area contributed by atoms with Gasteiger partial charge >= 0.3 is 12.2 Å². The van der Waals surface area contributed by atoms with Gasteiger partial charge in [-0.2, -0.15) is 17.6 Å². The van der Waals surface area contributed by atoms with Crippen LogP contribution in [0.15, 0.2) is 36.7 Å². The number of benzene rings is 2. The lowest BCUT2D eigenvalue weighted by molar-refractivity contribution is -0.193. The summed E-state index contributed by atoms with van der Waals surface area (Å²) in [6.45, 7) is 1.50. The Morgan fingerprint density at radius 2 is 1.06 bits per heavy atom. The lowest BCUT2D eigenvalue weighted by atomic mass is 10.1. The number of hydrogen-bond donors (Lipinski definition) is 0. The Bertz CT molecular complexity index is 1110. The molecule has 0 saturated carbocycles. The molecule has 0 saturated heterocycles. The number of hydrogen-bond acceptors (Lipinski definition) is 4. The van der Waals surface area contributed by atoms with E-state index in [0.29, 0.717) is 5.56 Å². The Kier molecular flexibility index (Phi) is 5.94. The van der Waals surface area contributed by atoms with Crippen LogP contribution in [0, 0.1) is 36.0 Å². The Morgan fingerprint density at radius 3 is 1.53 bits per heavy atom. The van der Waals surface area contributed by atoms with Crippen LogP contribution in [0.5, 0.6) is 11.5 Å². The molecule has 0 N–H and O–H groups in total. The molecule has 1 heterocycles. The third-order valence-electron chi connectivity index (χ3n) is 3.80. The summed E-state index contributed by atoms with van der Waals surface area (Å²) in [5.74, 6) is -13.6. The summed E-state index contributed by atoms with van der Waals surface area (Å²) in [7, 11) is 0. The van der Waals surface area contributed by atoms with Crippen molar-refractivity contribution in [2.75, 3.05) is 0 Å². The fraction of sp³-hybridized carbons (Fsp3) is 0.158. The van der Waals surface area contributed by atoms with Gasteiger partial charge in [-0.25, -0.2) is 31.9 Å². The number of aromatic nitrogens is 2. The van der Waals surface area contributed by atoms with Crippen molar-refractivity contribution in [3.63, 3.8) is 0 Å². The highest BCUT2D eigenvalue weighted by atomic mass is 19.3. The molecular formula is C19H9F9N2O2. The lowest BCUT2D eigenvalue weighted by Gasteiger charge is -2.21. The van der Waals surface area contributed by atoms with E-state index in [-0.39, 0.29) is 24.3 Å². The van der Waals surface area contributed by atoms with E-state index in [4.69, 9.17) is 0 Å². The predicted molar refractivity (Wildman–Crippen MR) is 88.5 cm³/mol. The van der Waals surface area contributed by atoms with Gasteiger partial charge in [0.1, 0.15) is 28.7 Å². The van der Waals surface area contributed by atoms with Crippen LogP contribution in [0.1, 0.15) is 17.0 Å². The normalized spacial score (nSPS) is 12.1. The molecule has 2 aromatic carbocycles. The predicted octanol–water partition coefficient (Wildman–Crippen LogP) is 5.74. The van der Waals surface area contributed by atoms with Crippen LogP contribution in [-0.2, 0) is 12.2 Å². The van der Waals surface area contributed by atoms with E-state index >= 15 is 0 Å². The summed E-state index contributed by atoms with van der Waals surface area (Å²) < 4.78 is 132. The van der Waals surface area contributed by atoms with Crippen LogP contribution in [0.25, 0.3) is 0 Å². The monoisotopic (exact) mass is 468 g/mol. The molecule has 3 aromatic rings. The number of ether oxygens (including phenoxy) is 2. The molecule has 0 amide bonds. The van der Waals surface area contributed by atoms with Crippen LogP contribution in [-0.4, -0.2) is 9.97 Å². The van der Waals surface area contributed by atoms with E-state index in [1.54, 1.807) is 0 Å². The first kappa shape index (κ1) is 23.2. The second-order valence-corrected chi connectivity index (χ2v) is 6.28. The second kappa shape index (κ2) is 8.20. The molecule has 0 spiro atoms. The zero-order chi connectivity index (χ0) is 23.8. The zero-order valence-corrected chi connectivity index (χ0v) is 15.6. The molecule has 3 rings (SSSR count). The number of nitrogens with zero attached hydrogens (tertiary/aromatic N) is 2. The quantitative estimate of drug-likeness (QED) is 0.342. The first-order chi connectivity index (χ1) is 14.8. The van der Waals surface area contributed by atoms with Crippen molar-refractivity contribution >= 4 is 0 Å². The summed E-state index contributed by atoms with van der Waals surface area (Å²) in [4.78, 5) is 6.63. The first-order valence-corrected chi connectivity index (χ1v) is 8.37. The molecule has 4 nitrogen and oxygen atoms in total. The van der Waals surface area contributed by atoms with E-state index in [1.165, 1.54) is 6.92 Å². The molecular weight excluding hydrogens is 459 g/mol. The fourth-order valence-corrected chi connectivity index (χ4v) is 2.41. The molecule has 1 aromatic heterocycles. The third-order valence-corrected chi connectivity index (χ3v) is 3.80. The van der Waals surface area contributed by atoms with E-state index in [1.807, 2.05) is 0 Å². The van der Waals surface area contributed by atoms with Crippen LogP contribution in [0.3, 0.4) is 0 Å². The van der Waals surface area contributed by atoms with Gasteiger partial charge in [0.05, 0.1) is 0 Å². The molecule has 0 aliphatic heterocycles. The average Bonchev–Trinajstić information content (AvgIpc) is 2.64. The maximum atomic E-state index is 14.2. The van der Waals surface area contributed by atoms with E-state index in [2.05, 4.69) is 19.4 Å². The maximum absolute atomic E-state index is 14.2. The summed E-state index contributed by atoms with van der Waals surface area (Å²) in [6, 6.07) is 0.0384. The van der Waals surface area contributed by atoms with Gasteiger partial charge in [0.2, 0.25) is 5.82 Å². The molecule has 13 heteroatoms. The minimum Gasteiger partial charge on any atom is -0.429 e. The van der Waals surface area contributed by atoms with Crippen LogP contribution in [0.2, 0.25) is 0 Å². The molecule has 0 aliphatic rings. The third kappa shape index (κ3) is 4.70. The van der Waals surface area contributed by atoms with Gasteiger partial charge in [-0.15, -0.1) is 0 Å². The highest BCUT2D eigenvalue weighted by Gasteiger charge is 2.43. The molecule has 0 bridgehead atoms. The molecule has 32 heavy (non-hydrogen) atoms. The largest absolute Gasteiger partial charge is 0.462 e. The number of alkyl halides is 4. The Balaban J connectivity index is 1.90. The summed E-state index contributed by atoms with van der Waals surface area (Å²) in [5, 5.41) is 0. The van der Waals surface area contributed by atoms with Gasteiger partial charge in [0, 0.05) is 36.7 Å². The fourth-order valence-electron chi connectivity index (χ4n) is 2.41. The van der Waals surface area contributed by atoms with Gasteiger partial charge < -0.3 is 9.47 Å². The number of rotatable bonds is 6. The smallest absolute Gasteiger partial charge is 0.429 e.